The SMILES string of the molecule is CCc1ccc2c(c1)c(-c1ccc(Cl)cc1)c(C(=O)NCCN1CCCCC1)n2C.[Cl-]. The highest BCUT2D eigenvalue weighted by atomic mass is 35.5. The molecule has 2 heterocycles. The van der Waals surface area contributed by atoms with E-state index in [9.17, 15) is 4.79 Å². The Morgan fingerprint density at radius 1 is 1.06 bits per heavy atom. The van der Waals surface area contributed by atoms with Crippen LogP contribution in [0.2, 0.25) is 5.02 Å². The van der Waals surface area contributed by atoms with E-state index in [0.29, 0.717) is 17.3 Å². The van der Waals surface area contributed by atoms with Gasteiger partial charge >= 0.3 is 0 Å². The van der Waals surface area contributed by atoms with Gasteiger partial charge in [-0.2, -0.15) is 0 Å². The number of nitrogens with one attached hydrogen (secondary N) is 1. The van der Waals surface area contributed by atoms with Crippen molar-refractivity contribution >= 4 is 28.4 Å². The average Bonchev–Trinajstić information content (AvgIpc) is 3.06. The van der Waals surface area contributed by atoms with E-state index in [2.05, 4.69) is 35.3 Å². The number of carbonyl (C=O) groups excluding carboxylic acids is 1. The monoisotopic (exact) mass is 458 g/mol. The Hall–Kier alpha value is -2.01. The number of hydrogen-bond acceptors (Lipinski definition) is 2. The lowest BCUT2D eigenvalue weighted by Gasteiger charge is -2.26. The number of likely N-dealkylation sites (tertiary alicyclic amines) is 1. The number of fused-ring (bicyclic) bond motifs is 1. The van der Waals surface area contributed by atoms with Gasteiger partial charge in [-0.25, -0.2) is 0 Å². The van der Waals surface area contributed by atoms with Gasteiger partial charge in [0.05, 0.1) is 0 Å². The maximum atomic E-state index is 13.3. The highest BCUT2D eigenvalue weighted by Crippen LogP contribution is 2.35. The fraction of sp³-hybridized carbons (Fsp3) is 0.400. The van der Waals surface area contributed by atoms with Gasteiger partial charge in [0.15, 0.2) is 0 Å². The van der Waals surface area contributed by atoms with Crippen LogP contribution in [0.15, 0.2) is 42.5 Å². The van der Waals surface area contributed by atoms with E-state index in [1.807, 2.05) is 35.9 Å². The number of benzene rings is 2. The molecule has 4 nitrogen and oxygen atoms in total. The molecule has 1 saturated heterocycles. The van der Waals surface area contributed by atoms with Gasteiger partial charge in [-0.05, 0) is 67.7 Å². The fourth-order valence-corrected chi connectivity index (χ4v) is 4.61. The van der Waals surface area contributed by atoms with Gasteiger partial charge in [0.25, 0.3) is 5.91 Å². The topological polar surface area (TPSA) is 37.3 Å². The standard InChI is InChI=1S/C25H30ClN3O.ClH/c1-3-18-7-12-22-21(17-18)23(19-8-10-20(26)11-9-19)24(28(22)2)25(30)27-13-16-29-14-5-4-6-15-29;/h7-12,17H,3-6,13-16H2,1-2H3,(H,27,30);1H/p-1. The van der Waals surface area contributed by atoms with Crippen LogP contribution in [0.1, 0.15) is 42.2 Å². The smallest absolute Gasteiger partial charge is 0.268 e. The van der Waals surface area contributed by atoms with E-state index >= 15 is 0 Å². The Morgan fingerprint density at radius 3 is 2.45 bits per heavy atom. The van der Waals surface area contributed by atoms with Crippen LogP contribution in [0, 0.1) is 0 Å². The first-order valence-corrected chi connectivity index (χ1v) is 11.3. The molecule has 0 spiro atoms. The number of aryl methyl sites for hydroxylation is 2. The minimum Gasteiger partial charge on any atom is -1.00 e. The number of nitrogens with zero attached hydrogens (tertiary/aromatic N) is 2. The van der Waals surface area contributed by atoms with Gasteiger partial charge in [-0.3, -0.25) is 4.79 Å². The number of hydrogen-bond donors (Lipinski definition) is 1. The average molecular weight is 459 g/mol. The minimum atomic E-state index is -0.0197. The third kappa shape index (κ3) is 5.08. The van der Waals surface area contributed by atoms with E-state index in [0.717, 1.165) is 48.1 Å². The van der Waals surface area contributed by atoms with Crippen molar-refractivity contribution in [3.8, 4) is 11.1 Å². The van der Waals surface area contributed by atoms with Crippen LogP contribution < -0.4 is 17.7 Å². The van der Waals surface area contributed by atoms with Crippen LogP contribution in [0.3, 0.4) is 0 Å². The quantitative estimate of drug-likeness (QED) is 0.614. The molecule has 0 unspecified atom stereocenters. The van der Waals surface area contributed by atoms with Crippen molar-refractivity contribution in [2.24, 2.45) is 7.05 Å². The highest BCUT2D eigenvalue weighted by Gasteiger charge is 2.22. The van der Waals surface area contributed by atoms with Crippen LogP contribution in [-0.4, -0.2) is 41.6 Å². The second-order valence-electron chi connectivity index (χ2n) is 8.15. The summed E-state index contributed by atoms with van der Waals surface area (Å²) in [6.45, 7) is 6.01. The molecule has 3 aromatic rings. The molecular formula is C25H30Cl2N3O-. The molecule has 0 atom stereocenters. The number of piperidine rings is 1. The van der Waals surface area contributed by atoms with Gasteiger partial charge in [-0.1, -0.05) is 43.1 Å². The molecule has 0 radical (unpaired) electrons. The van der Waals surface area contributed by atoms with Crippen molar-refractivity contribution in [3.63, 3.8) is 0 Å². The van der Waals surface area contributed by atoms with Crippen molar-refractivity contribution in [2.75, 3.05) is 26.2 Å². The third-order valence-corrected chi connectivity index (χ3v) is 6.43. The van der Waals surface area contributed by atoms with E-state index in [-0.39, 0.29) is 18.3 Å². The molecule has 4 rings (SSSR count). The van der Waals surface area contributed by atoms with Crippen LogP contribution >= 0.6 is 11.6 Å². The van der Waals surface area contributed by atoms with Crippen molar-refractivity contribution < 1.29 is 17.2 Å². The molecule has 6 heteroatoms. The van der Waals surface area contributed by atoms with E-state index in [1.165, 1.54) is 24.8 Å². The number of aromatic nitrogens is 1. The summed E-state index contributed by atoms with van der Waals surface area (Å²) >= 11 is 6.13. The number of amides is 1. The maximum Gasteiger partial charge on any atom is 0.268 e. The highest BCUT2D eigenvalue weighted by molar-refractivity contribution is 6.30. The molecule has 1 aromatic heterocycles. The zero-order chi connectivity index (χ0) is 21.1. The molecular weight excluding hydrogens is 429 g/mol. The molecule has 0 aliphatic carbocycles. The summed E-state index contributed by atoms with van der Waals surface area (Å²) in [7, 11) is 1.98. The molecule has 2 aromatic carbocycles. The van der Waals surface area contributed by atoms with Crippen molar-refractivity contribution in [1.29, 1.82) is 0 Å². The first-order chi connectivity index (χ1) is 14.6. The van der Waals surface area contributed by atoms with E-state index in [4.69, 9.17) is 11.6 Å². The van der Waals surface area contributed by atoms with E-state index in [1.54, 1.807) is 0 Å². The summed E-state index contributed by atoms with van der Waals surface area (Å²) in [6.07, 6.45) is 4.81. The maximum absolute atomic E-state index is 13.3. The molecule has 1 amide bonds. The van der Waals surface area contributed by atoms with Crippen molar-refractivity contribution in [1.82, 2.24) is 14.8 Å². The van der Waals surface area contributed by atoms with Crippen LogP contribution in [0.4, 0.5) is 0 Å². The fourth-order valence-electron chi connectivity index (χ4n) is 4.48. The van der Waals surface area contributed by atoms with Gasteiger partial charge in [0.1, 0.15) is 5.69 Å². The van der Waals surface area contributed by atoms with Crippen LogP contribution in [0.25, 0.3) is 22.0 Å². The summed E-state index contributed by atoms with van der Waals surface area (Å²) < 4.78 is 2.02. The Morgan fingerprint density at radius 2 is 1.77 bits per heavy atom. The van der Waals surface area contributed by atoms with Crippen LogP contribution in [0.5, 0.6) is 0 Å². The molecule has 31 heavy (non-hydrogen) atoms. The predicted molar refractivity (Wildman–Crippen MR) is 125 cm³/mol. The van der Waals surface area contributed by atoms with Crippen molar-refractivity contribution in [2.45, 2.75) is 32.6 Å². The van der Waals surface area contributed by atoms with Gasteiger partial charge in [0.2, 0.25) is 0 Å². The molecule has 1 aliphatic rings. The Kier molecular flexibility index (Phi) is 8.04. The van der Waals surface area contributed by atoms with Gasteiger partial charge in [0, 0.05) is 41.6 Å². The predicted octanol–water partition coefficient (Wildman–Crippen LogP) is 2.28. The lowest BCUT2D eigenvalue weighted by atomic mass is 9.99. The lowest BCUT2D eigenvalue weighted by Crippen LogP contribution is -3.00. The third-order valence-electron chi connectivity index (χ3n) is 6.18. The zero-order valence-electron chi connectivity index (χ0n) is 18.3. The largest absolute Gasteiger partial charge is 1.00 e. The summed E-state index contributed by atoms with van der Waals surface area (Å²) in [5.74, 6) is -0.0197. The molecule has 0 bridgehead atoms. The second-order valence-corrected chi connectivity index (χ2v) is 8.59. The Bertz CT molecular complexity index is 1040. The summed E-state index contributed by atoms with van der Waals surface area (Å²) in [6, 6.07) is 14.3. The number of halogens is 2. The molecule has 1 aliphatic heterocycles. The van der Waals surface area contributed by atoms with Crippen molar-refractivity contribution in [3.05, 3.63) is 58.7 Å². The number of rotatable bonds is 6. The normalized spacial score (nSPS) is 14.4. The summed E-state index contributed by atoms with van der Waals surface area (Å²) in [5, 5.41) is 4.98. The molecule has 1 fully saturated rings. The first-order valence-electron chi connectivity index (χ1n) is 11.0. The zero-order valence-corrected chi connectivity index (χ0v) is 19.8. The van der Waals surface area contributed by atoms with Gasteiger partial charge < -0.3 is 27.2 Å². The van der Waals surface area contributed by atoms with Crippen LogP contribution in [-0.2, 0) is 13.5 Å². The van der Waals surface area contributed by atoms with Gasteiger partial charge in [-0.15, -0.1) is 0 Å². The summed E-state index contributed by atoms with van der Waals surface area (Å²) in [4.78, 5) is 15.8. The first kappa shape index (κ1) is 23.6. The summed E-state index contributed by atoms with van der Waals surface area (Å²) in [5.41, 5.74) is 5.03. The molecule has 166 valence electrons. The molecule has 1 N–H and O–H groups in total. The molecule has 0 saturated carbocycles. The minimum absolute atomic E-state index is 0. The van der Waals surface area contributed by atoms with E-state index < -0.39 is 0 Å². The second kappa shape index (κ2) is 10.5. The number of carbonyl (C=O) groups is 1. The Balaban J connectivity index is 0.00000272. The Labute approximate surface area is 196 Å². The lowest BCUT2D eigenvalue weighted by molar-refractivity contribution is -0.0000145.